The van der Waals surface area contributed by atoms with Gasteiger partial charge in [0.25, 0.3) is 0 Å². The molecule has 3 aromatic rings. The molecule has 0 radical (unpaired) electrons. The fourth-order valence-corrected chi connectivity index (χ4v) is 3.05. The summed E-state index contributed by atoms with van der Waals surface area (Å²) in [5.74, 6) is 1.28. The molecule has 1 fully saturated rings. The summed E-state index contributed by atoms with van der Waals surface area (Å²) in [6.07, 6.45) is 3.67. The molecule has 0 atom stereocenters. The summed E-state index contributed by atoms with van der Waals surface area (Å²) >= 11 is 6.21. The van der Waals surface area contributed by atoms with E-state index in [4.69, 9.17) is 16.3 Å². The van der Waals surface area contributed by atoms with Crippen molar-refractivity contribution < 1.29 is 4.74 Å². The van der Waals surface area contributed by atoms with Crippen LogP contribution in [0.2, 0.25) is 5.02 Å². The van der Waals surface area contributed by atoms with Crippen LogP contribution in [0.4, 0.5) is 17.6 Å². The van der Waals surface area contributed by atoms with Crippen molar-refractivity contribution in [3.8, 4) is 0 Å². The number of aryl methyl sites for hydroxylation is 1. The van der Waals surface area contributed by atoms with Gasteiger partial charge in [-0.3, -0.25) is 4.57 Å². The van der Waals surface area contributed by atoms with Gasteiger partial charge in [0, 0.05) is 26.3 Å². The normalized spacial score (nSPS) is 15.4. The predicted octanol–water partition coefficient (Wildman–Crippen LogP) is 3.35. The maximum atomic E-state index is 6.21. The smallest absolute Gasteiger partial charge is 0.224 e. The third-order valence-electron chi connectivity index (χ3n) is 4.29. The van der Waals surface area contributed by atoms with Gasteiger partial charge in [0.05, 0.1) is 16.9 Å². The van der Waals surface area contributed by atoms with E-state index in [0.717, 1.165) is 42.9 Å². The maximum absolute atomic E-state index is 6.21. The highest BCUT2D eigenvalue weighted by molar-refractivity contribution is 6.33. The molecule has 3 heterocycles. The number of nitrogens with zero attached hydrogens (tertiary/aromatic N) is 4. The second-order valence-corrected chi connectivity index (χ2v) is 6.44. The minimum Gasteiger partial charge on any atom is -0.381 e. The monoisotopic (exact) mass is 358 g/mol. The quantitative estimate of drug-likeness (QED) is 0.744. The number of halogens is 1. The molecule has 2 aromatic heterocycles. The Morgan fingerprint density at radius 1 is 1.20 bits per heavy atom. The molecule has 0 unspecified atom stereocenters. The van der Waals surface area contributed by atoms with Crippen LogP contribution in [0, 0.1) is 0 Å². The maximum Gasteiger partial charge on any atom is 0.224 e. The Morgan fingerprint density at radius 3 is 2.80 bits per heavy atom. The molecule has 25 heavy (non-hydrogen) atoms. The lowest BCUT2D eigenvalue weighted by atomic mass is 10.1. The lowest BCUT2D eigenvalue weighted by Crippen LogP contribution is -2.28. The van der Waals surface area contributed by atoms with E-state index >= 15 is 0 Å². The van der Waals surface area contributed by atoms with E-state index < -0.39 is 0 Å². The highest BCUT2D eigenvalue weighted by Gasteiger charge is 2.16. The number of rotatable bonds is 4. The highest BCUT2D eigenvalue weighted by atomic mass is 35.5. The van der Waals surface area contributed by atoms with Crippen LogP contribution >= 0.6 is 11.6 Å². The Morgan fingerprint density at radius 2 is 2.00 bits per heavy atom. The van der Waals surface area contributed by atoms with E-state index in [2.05, 4.69) is 25.6 Å². The number of fused-ring (bicyclic) bond motifs is 1. The molecule has 8 heteroatoms. The first kappa shape index (κ1) is 16.1. The van der Waals surface area contributed by atoms with Crippen molar-refractivity contribution in [1.29, 1.82) is 0 Å². The van der Waals surface area contributed by atoms with Crippen LogP contribution in [0.1, 0.15) is 12.8 Å². The summed E-state index contributed by atoms with van der Waals surface area (Å²) in [7, 11) is 1.92. The largest absolute Gasteiger partial charge is 0.381 e. The van der Waals surface area contributed by atoms with Gasteiger partial charge in [-0.05, 0) is 25.0 Å². The summed E-state index contributed by atoms with van der Waals surface area (Å²) in [5, 5.41) is 7.27. The first-order chi connectivity index (χ1) is 12.2. The molecule has 7 nitrogen and oxygen atoms in total. The fraction of sp³-hybridized carbons (Fsp3) is 0.353. The number of hydrogen-bond acceptors (Lipinski definition) is 6. The molecule has 1 aliphatic rings. The molecular weight excluding hydrogens is 340 g/mol. The van der Waals surface area contributed by atoms with Crippen LogP contribution in [-0.4, -0.2) is 38.8 Å². The number of ether oxygens (including phenoxy) is 1. The number of para-hydroxylation sites is 1. The molecule has 2 N–H and O–H groups in total. The second-order valence-electron chi connectivity index (χ2n) is 6.03. The van der Waals surface area contributed by atoms with Crippen LogP contribution in [0.25, 0.3) is 11.2 Å². The molecule has 0 aliphatic carbocycles. The van der Waals surface area contributed by atoms with Crippen LogP contribution in [0.15, 0.2) is 30.5 Å². The Balaban J connectivity index is 1.60. The van der Waals surface area contributed by atoms with Gasteiger partial charge in [0.1, 0.15) is 5.52 Å². The van der Waals surface area contributed by atoms with E-state index in [-0.39, 0.29) is 0 Å². The van der Waals surface area contributed by atoms with E-state index in [0.29, 0.717) is 23.0 Å². The first-order valence-corrected chi connectivity index (χ1v) is 8.64. The zero-order chi connectivity index (χ0) is 17.2. The zero-order valence-corrected chi connectivity index (χ0v) is 14.6. The van der Waals surface area contributed by atoms with Crippen molar-refractivity contribution >= 4 is 40.3 Å². The number of benzene rings is 1. The van der Waals surface area contributed by atoms with Gasteiger partial charge in [-0.15, -0.1) is 0 Å². The minimum atomic E-state index is 0.347. The Labute approximate surface area is 150 Å². The van der Waals surface area contributed by atoms with Crippen LogP contribution < -0.4 is 10.6 Å². The molecule has 0 amide bonds. The van der Waals surface area contributed by atoms with Crippen molar-refractivity contribution in [3.05, 3.63) is 35.5 Å². The van der Waals surface area contributed by atoms with Crippen molar-refractivity contribution in [3.63, 3.8) is 0 Å². The van der Waals surface area contributed by atoms with E-state index in [9.17, 15) is 0 Å². The van der Waals surface area contributed by atoms with Crippen LogP contribution in [0.3, 0.4) is 0 Å². The summed E-state index contributed by atoms with van der Waals surface area (Å²) in [6.45, 7) is 1.55. The van der Waals surface area contributed by atoms with Gasteiger partial charge >= 0.3 is 0 Å². The Bertz CT molecular complexity index is 890. The van der Waals surface area contributed by atoms with Crippen molar-refractivity contribution in [1.82, 2.24) is 19.5 Å². The van der Waals surface area contributed by atoms with Gasteiger partial charge in [0.2, 0.25) is 11.9 Å². The summed E-state index contributed by atoms with van der Waals surface area (Å²) in [5.41, 5.74) is 2.30. The van der Waals surface area contributed by atoms with Crippen LogP contribution in [-0.2, 0) is 11.8 Å². The van der Waals surface area contributed by atoms with Gasteiger partial charge in [-0.2, -0.15) is 4.98 Å². The number of nitrogens with one attached hydrogen (secondary N) is 2. The number of aromatic nitrogens is 4. The SMILES string of the molecule is Cn1c(Nc2ccccc2Cl)nc2cnc(NC3CCOCC3)nc21. The molecule has 0 bridgehead atoms. The zero-order valence-electron chi connectivity index (χ0n) is 13.9. The Hall–Kier alpha value is -2.38. The predicted molar refractivity (Wildman–Crippen MR) is 98.5 cm³/mol. The van der Waals surface area contributed by atoms with E-state index in [1.807, 2.05) is 35.9 Å². The van der Waals surface area contributed by atoms with Gasteiger partial charge < -0.3 is 15.4 Å². The molecule has 4 rings (SSSR count). The average molecular weight is 359 g/mol. The highest BCUT2D eigenvalue weighted by Crippen LogP contribution is 2.26. The lowest BCUT2D eigenvalue weighted by molar-refractivity contribution is 0.0903. The standard InChI is InChI=1S/C17H19ClN6O/c1-24-15-14(22-17(24)21-13-5-3-2-4-12(13)18)10-19-16(23-15)20-11-6-8-25-9-7-11/h2-5,10-11H,6-9H2,1H3,(H,21,22)(H,19,20,23). The molecule has 0 spiro atoms. The van der Waals surface area contributed by atoms with Crippen molar-refractivity contribution in [2.24, 2.45) is 7.05 Å². The Kier molecular flexibility index (Phi) is 4.42. The van der Waals surface area contributed by atoms with E-state index in [1.165, 1.54) is 0 Å². The molecular formula is C17H19ClN6O. The molecule has 130 valence electrons. The van der Waals surface area contributed by atoms with Gasteiger partial charge in [-0.25, -0.2) is 9.97 Å². The number of anilines is 3. The average Bonchev–Trinajstić information content (AvgIpc) is 2.94. The topological polar surface area (TPSA) is 76.9 Å². The molecule has 1 saturated heterocycles. The summed E-state index contributed by atoms with van der Waals surface area (Å²) < 4.78 is 7.28. The van der Waals surface area contributed by atoms with Gasteiger partial charge in [-0.1, -0.05) is 23.7 Å². The summed E-state index contributed by atoms with van der Waals surface area (Å²) in [4.78, 5) is 13.6. The van der Waals surface area contributed by atoms with E-state index in [1.54, 1.807) is 6.20 Å². The first-order valence-electron chi connectivity index (χ1n) is 8.26. The molecule has 1 aliphatic heterocycles. The summed E-state index contributed by atoms with van der Waals surface area (Å²) in [6, 6.07) is 7.91. The second kappa shape index (κ2) is 6.85. The fourth-order valence-electron chi connectivity index (χ4n) is 2.87. The van der Waals surface area contributed by atoms with Crippen molar-refractivity contribution in [2.75, 3.05) is 23.8 Å². The minimum absolute atomic E-state index is 0.347. The lowest BCUT2D eigenvalue weighted by Gasteiger charge is -2.22. The van der Waals surface area contributed by atoms with Gasteiger partial charge in [0.15, 0.2) is 5.65 Å². The molecule has 1 aromatic carbocycles. The third kappa shape index (κ3) is 3.38. The third-order valence-corrected chi connectivity index (χ3v) is 4.62. The number of imidazole rings is 1. The van der Waals surface area contributed by atoms with Crippen LogP contribution in [0.5, 0.6) is 0 Å². The van der Waals surface area contributed by atoms with Crippen molar-refractivity contribution in [2.45, 2.75) is 18.9 Å². The molecule has 0 saturated carbocycles. The number of hydrogen-bond donors (Lipinski definition) is 2.